The van der Waals surface area contributed by atoms with E-state index in [1.165, 1.54) is 21.4 Å². The SMILES string of the molecule is CC1=CC2=C(CCCC2=O)C1.Cc1cc2c(n1S(C)(=O)=O)CCCC2=O. The van der Waals surface area contributed by atoms with Crippen molar-refractivity contribution < 1.29 is 18.0 Å². The zero-order chi connectivity index (χ0) is 19.1. The van der Waals surface area contributed by atoms with Gasteiger partial charge in [-0.2, -0.15) is 0 Å². The maximum atomic E-state index is 11.6. The molecule has 140 valence electrons. The number of Topliss-reactive ketones (excluding diaryl/α,β-unsaturated/α-hetero) is 2. The fourth-order valence-corrected chi connectivity index (χ4v) is 5.26. The van der Waals surface area contributed by atoms with Crippen molar-refractivity contribution in [2.24, 2.45) is 0 Å². The first-order chi connectivity index (χ1) is 12.2. The third-order valence-electron chi connectivity index (χ3n) is 5.13. The summed E-state index contributed by atoms with van der Waals surface area (Å²) in [6.07, 6.45) is 9.21. The van der Waals surface area contributed by atoms with E-state index in [0.29, 0.717) is 35.6 Å². The zero-order valence-electron chi connectivity index (χ0n) is 15.6. The molecule has 5 nitrogen and oxygen atoms in total. The van der Waals surface area contributed by atoms with Crippen molar-refractivity contribution in [3.05, 3.63) is 45.8 Å². The fraction of sp³-hybridized carbons (Fsp3) is 0.500. The van der Waals surface area contributed by atoms with Gasteiger partial charge in [-0.1, -0.05) is 17.2 Å². The van der Waals surface area contributed by atoms with Crippen LogP contribution in [0.2, 0.25) is 0 Å². The van der Waals surface area contributed by atoms with E-state index in [0.717, 1.165) is 37.7 Å². The Morgan fingerprint density at radius 2 is 1.62 bits per heavy atom. The van der Waals surface area contributed by atoms with Crippen LogP contribution in [0.25, 0.3) is 0 Å². The van der Waals surface area contributed by atoms with Crippen LogP contribution in [0.15, 0.2) is 28.9 Å². The molecule has 3 aliphatic carbocycles. The summed E-state index contributed by atoms with van der Waals surface area (Å²) in [7, 11) is -3.29. The second-order valence-electron chi connectivity index (χ2n) is 7.41. The molecule has 26 heavy (non-hydrogen) atoms. The Balaban J connectivity index is 0.000000158. The van der Waals surface area contributed by atoms with Crippen LogP contribution in [-0.4, -0.2) is 30.2 Å². The molecule has 4 rings (SSSR count). The predicted octanol–water partition coefficient (Wildman–Crippen LogP) is 3.51. The van der Waals surface area contributed by atoms with Crippen LogP contribution in [0.4, 0.5) is 0 Å². The summed E-state index contributed by atoms with van der Waals surface area (Å²) in [5, 5.41) is 0. The number of ketones is 2. The average molecular weight is 375 g/mol. The normalized spacial score (nSPS) is 19.6. The van der Waals surface area contributed by atoms with E-state index in [9.17, 15) is 18.0 Å². The van der Waals surface area contributed by atoms with Crippen molar-refractivity contribution >= 4 is 21.6 Å². The van der Waals surface area contributed by atoms with Gasteiger partial charge in [0.05, 0.1) is 6.26 Å². The summed E-state index contributed by atoms with van der Waals surface area (Å²) in [4.78, 5) is 22.9. The monoisotopic (exact) mass is 375 g/mol. The van der Waals surface area contributed by atoms with Crippen molar-refractivity contribution in [2.45, 2.75) is 58.8 Å². The van der Waals surface area contributed by atoms with Gasteiger partial charge in [-0.05, 0) is 52.0 Å². The number of allylic oxidation sites excluding steroid dienone is 4. The maximum Gasteiger partial charge on any atom is 0.236 e. The van der Waals surface area contributed by atoms with E-state index in [1.54, 1.807) is 13.0 Å². The van der Waals surface area contributed by atoms with E-state index >= 15 is 0 Å². The topological polar surface area (TPSA) is 73.2 Å². The molecule has 1 aromatic heterocycles. The van der Waals surface area contributed by atoms with E-state index in [-0.39, 0.29) is 5.78 Å². The number of carbonyl (C=O) groups excluding carboxylic acids is 2. The van der Waals surface area contributed by atoms with Gasteiger partial charge >= 0.3 is 0 Å². The zero-order valence-corrected chi connectivity index (χ0v) is 16.4. The van der Waals surface area contributed by atoms with Gasteiger partial charge in [0.15, 0.2) is 11.6 Å². The molecule has 0 fully saturated rings. The lowest BCUT2D eigenvalue weighted by atomic mass is 9.92. The lowest BCUT2D eigenvalue weighted by Crippen LogP contribution is -2.18. The quantitative estimate of drug-likeness (QED) is 0.753. The third-order valence-corrected chi connectivity index (χ3v) is 6.30. The van der Waals surface area contributed by atoms with Crippen LogP contribution >= 0.6 is 0 Å². The predicted molar refractivity (Wildman–Crippen MR) is 101 cm³/mol. The third kappa shape index (κ3) is 3.61. The fourth-order valence-electron chi connectivity index (χ4n) is 4.09. The number of aromatic nitrogens is 1. The first-order valence-corrected chi connectivity index (χ1v) is 10.9. The van der Waals surface area contributed by atoms with E-state index in [2.05, 4.69) is 13.0 Å². The summed E-state index contributed by atoms with van der Waals surface area (Å²) in [6, 6.07) is 1.68. The summed E-state index contributed by atoms with van der Waals surface area (Å²) < 4.78 is 24.4. The van der Waals surface area contributed by atoms with Crippen LogP contribution in [0.5, 0.6) is 0 Å². The first kappa shape index (κ1) is 18.8. The molecular formula is C20H25NO4S. The Kier molecular flexibility index (Phi) is 5.06. The summed E-state index contributed by atoms with van der Waals surface area (Å²) in [5.74, 6) is 0.421. The minimum Gasteiger partial charge on any atom is -0.294 e. The molecule has 3 aliphatic rings. The van der Waals surface area contributed by atoms with Gasteiger partial charge in [0.25, 0.3) is 0 Å². The Hall–Kier alpha value is -1.95. The summed E-state index contributed by atoms with van der Waals surface area (Å²) in [6.45, 7) is 3.82. The Morgan fingerprint density at radius 1 is 0.962 bits per heavy atom. The Labute approximate surface area is 154 Å². The molecule has 0 saturated carbocycles. The number of carbonyl (C=O) groups is 2. The van der Waals surface area contributed by atoms with E-state index in [1.807, 2.05) is 0 Å². The van der Waals surface area contributed by atoms with Crippen molar-refractivity contribution in [1.82, 2.24) is 3.97 Å². The van der Waals surface area contributed by atoms with Gasteiger partial charge < -0.3 is 0 Å². The molecule has 0 unspecified atom stereocenters. The molecule has 0 radical (unpaired) electrons. The molecule has 0 spiro atoms. The second kappa shape index (κ2) is 6.99. The van der Waals surface area contributed by atoms with Crippen molar-refractivity contribution in [3.63, 3.8) is 0 Å². The molecule has 0 amide bonds. The molecule has 0 aliphatic heterocycles. The van der Waals surface area contributed by atoms with Crippen LogP contribution in [-0.2, 0) is 21.2 Å². The van der Waals surface area contributed by atoms with Crippen molar-refractivity contribution in [2.75, 3.05) is 6.26 Å². The van der Waals surface area contributed by atoms with Crippen LogP contribution < -0.4 is 0 Å². The molecule has 1 aromatic rings. The number of fused-ring (bicyclic) bond motifs is 1. The van der Waals surface area contributed by atoms with Crippen molar-refractivity contribution in [1.29, 1.82) is 0 Å². The van der Waals surface area contributed by atoms with Gasteiger partial charge in [-0.3, -0.25) is 9.59 Å². The average Bonchev–Trinajstić information content (AvgIpc) is 3.08. The minimum absolute atomic E-state index is 0.0572. The molecule has 0 atom stereocenters. The summed E-state index contributed by atoms with van der Waals surface area (Å²) >= 11 is 0. The minimum atomic E-state index is -3.29. The smallest absolute Gasteiger partial charge is 0.236 e. The lowest BCUT2D eigenvalue weighted by Gasteiger charge is -2.14. The highest BCUT2D eigenvalue weighted by atomic mass is 32.2. The largest absolute Gasteiger partial charge is 0.294 e. The lowest BCUT2D eigenvalue weighted by molar-refractivity contribution is -0.115. The van der Waals surface area contributed by atoms with Gasteiger partial charge in [-0.25, -0.2) is 12.4 Å². The first-order valence-electron chi connectivity index (χ1n) is 9.06. The molecule has 0 bridgehead atoms. The standard InChI is InChI=1S/C10H13NO3S.C10H12O/c1-7-6-8-9(4-3-5-10(8)12)11(7)15(2,13)14;1-7-5-8-3-2-4-10(11)9(8)6-7/h6H,3-5H2,1-2H3;6H,2-5H2,1H3. The van der Waals surface area contributed by atoms with Crippen molar-refractivity contribution in [3.8, 4) is 0 Å². The van der Waals surface area contributed by atoms with Crippen LogP contribution in [0.3, 0.4) is 0 Å². The molecule has 0 saturated heterocycles. The number of nitrogens with zero attached hydrogens (tertiary/aromatic N) is 1. The van der Waals surface area contributed by atoms with Gasteiger partial charge in [0.1, 0.15) is 0 Å². The van der Waals surface area contributed by atoms with E-state index in [4.69, 9.17) is 0 Å². The van der Waals surface area contributed by atoms with Crippen LogP contribution in [0, 0.1) is 6.92 Å². The summed E-state index contributed by atoms with van der Waals surface area (Å²) in [5.41, 5.74) is 5.64. The highest BCUT2D eigenvalue weighted by molar-refractivity contribution is 7.89. The number of hydrogen-bond donors (Lipinski definition) is 0. The Morgan fingerprint density at radius 3 is 2.27 bits per heavy atom. The van der Waals surface area contributed by atoms with Crippen LogP contribution in [0.1, 0.15) is 67.2 Å². The van der Waals surface area contributed by atoms with Gasteiger partial charge in [0.2, 0.25) is 10.0 Å². The van der Waals surface area contributed by atoms with E-state index < -0.39 is 10.0 Å². The van der Waals surface area contributed by atoms with Gasteiger partial charge in [0, 0.05) is 35.4 Å². The molecule has 0 aromatic carbocycles. The molecule has 6 heteroatoms. The second-order valence-corrected chi connectivity index (χ2v) is 9.24. The molecule has 0 N–H and O–H groups in total. The number of hydrogen-bond acceptors (Lipinski definition) is 4. The van der Waals surface area contributed by atoms with Gasteiger partial charge in [-0.15, -0.1) is 0 Å². The highest BCUT2D eigenvalue weighted by Crippen LogP contribution is 2.33. The molecular weight excluding hydrogens is 350 g/mol. The molecule has 1 heterocycles. The number of aryl methyl sites for hydroxylation is 1. The number of rotatable bonds is 1. The maximum absolute atomic E-state index is 11.6. The Bertz CT molecular complexity index is 945. The highest BCUT2D eigenvalue weighted by Gasteiger charge is 2.26.